The summed E-state index contributed by atoms with van der Waals surface area (Å²) in [5, 5.41) is 5.20. The molecule has 1 aliphatic carbocycles. The molecule has 2 amide bonds. The number of nitrogens with zero attached hydrogens (tertiary/aromatic N) is 6. The van der Waals surface area contributed by atoms with Crippen LogP contribution in [0.3, 0.4) is 0 Å². The van der Waals surface area contributed by atoms with Gasteiger partial charge in [0.1, 0.15) is 17.8 Å². The van der Waals surface area contributed by atoms with Crippen LogP contribution in [0.5, 0.6) is 0 Å². The topological polar surface area (TPSA) is 103 Å². The van der Waals surface area contributed by atoms with Crippen LogP contribution in [-0.4, -0.2) is 67.7 Å². The second kappa shape index (κ2) is 7.45. The minimum atomic E-state index is -0.0714. The van der Waals surface area contributed by atoms with E-state index in [0.717, 1.165) is 42.8 Å². The summed E-state index contributed by atoms with van der Waals surface area (Å²) < 4.78 is 4.19. The number of amides is 2. The summed E-state index contributed by atoms with van der Waals surface area (Å²) in [6.45, 7) is 1.58. The van der Waals surface area contributed by atoms with Crippen molar-refractivity contribution in [2.24, 2.45) is 11.8 Å². The van der Waals surface area contributed by atoms with Crippen molar-refractivity contribution in [2.45, 2.75) is 24.0 Å². The van der Waals surface area contributed by atoms with Gasteiger partial charge in [0, 0.05) is 43.9 Å². The molecular weight excluding hydrogens is 408 g/mol. The van der Waals surface area contributed by atoms with Gasteiger partial charge in [-0.15, -0.1) is 0 Å². The van der Waals surface area contributed by atoms with E-state index in [9.17, 15) is 4.79 Å². The number of aromatic nitrogens is 5. The third-order valence-corrected chi connectivity index (χ3v) is 7.33. The molecule has 2 aliphatic rings. The lowest BCUT2D eigenvalue weighted by Gasteiger charge is -2.27. The van der Waals surface area contributed by atoms with Crippen molar-refractivity contribution in [3.8, 4) is 0 Å². The fourth-order valence-electron chi connectivity index (χ4n) is 4.58. The minimum Gasteiger partial charge on any atom is -0.356 e. The smallest absolute Gasteiger partial charge is 0.323 e. The van der Waals surface area contributed by atoms with Crippen LogP contribution < -0.4 is 10.2 Å². The van der Waals surface area contributed by atoms with Crippen LogP contribution in [0.25, 0.3) is 11.0 Å². The number of carbonyl (C=O) groups excluding carboxylic acids is 1. The van der Waals surface area contributed by atoms with Crippen LogP contribution in [0.2, 0.25) is 0 Å². The van der Waals surface area contributed by atoms with E-state index in [0.29, 0.717) is 28.2 Å². The Morgan fingerprint density at radius 3 is 2.86 bits per heavy atom. The molecule has 9 nitrogen and oxygen atoms in total. The number of anilines is 2. The number of urea groups is 1. The number of hydrogen-bond donors (Lipinski definition) is 2. The Labute approximate surface area is 176 Å². The van der Waals surface area contributed by atoms with E-state index >= 15 is 0 Å². The van der Waals surface area contributed by atoms with E-state index in [4.69, 9.17) is 0 Å². The Bertz CT molecular complexity index is 1020. The lowest BCUT2D eigenvalue weighted by atomic mass is 10.0. The van der Waals surface area contributed by atoms with Gasteiger partial charge in [-0.05, 0) is 37.0 Å². The maximum Gasteiger partial charge on any atom is 0.323 e. The fraction of sp³-hybridized carbons (Fsp3) is 0.500. The lowest BCUT2D eigenvalue weighted by Crippen LogP contribution is -2.36. The first kappa shape index (κ1) is 18.6. The van der Waals surface area contributed by atoms with E-state index in [1.807, 2.05) is 23.4 Å². The molecular formula is C18H22N8OS2. The van der Waals surface area contributed by atoms with Gasteiger partial charge in [-0.3, -0.25) is 5.32 Å². The molecule has 11 heteroatoms. The van der Waals surface area contributed by atoms with Crippen molar-refractivity contribution in [3.05, 3.63) is 18.6 Å². The first-order valence-electron chi connectivity index (χ1n) is 9.57. The number of likely N-dealkylation sites (tertiary alicyclic amines) is 1. The molecule has 2 N–H and O–H groups in total. The highest BCUT2D eigenvalue weighted by molar-refractivity contribution is 7.98. The van der Waals surface area contributed by atoms with E-state index in [-0.39, 0.29) is 6.03 Å². The van der Waals surface area contributed by atoms with E-state index < -0.39 is 0 Å². The van der Waals surface area contributed by atoms with Crippen molar-refractivity contribution in [1.29, 1.82) is 0 Å². The van der Waals surface area contributed by atoms with Crippen LogP contribution in [-0.2, 0) is 0 Å². The van der Waals surface area contributed by atoms with Gasteiger partial charge in [0.15, 0.2) is 0 Å². The highest BCUT2D eigenvalue weighted by Gasteiger charge is 2.44. The average Bonchev–Trinajstić information content (AvgIpc) is 3.48. The molecule has 1 aliphatic heterocycles. The summed E-state index contributed by atoms with van der Waals surface area (Å²) in [6, 6.07) is 2.38. The molecule has 1 saturated carbocycles. The molecule has 0 bridgehead atoms. The zero-order chi connectivity index (χ0) is 20.0. The molecule has 29 heavy (non-hydrogen) atoms. The summed E-state index contributed by atoms with van der Waals surface area (Å²) in [4.78, 5) is 33.1. The summed E-state index contributed by atoms with van der Waals surface area (Å²) >= 11 is 2.70. The maximum atomic E-state index is 12.6. The molecule has 3 atom stereocenters. The lowest BCUT2D eigenvalue weighted by molar-refractivity contribution is 0.218. The van der Waals surface area contributed by atoms with Gasteiger partial charge in [0.25, 0.3) is 0 Å². The van der Waals surface area contributed by atoms with Gasteiger partial charge in [-0.25, -0.2) is 14.8 Å². The SMILES string of the molecule is CSc1nsc(NC(=O)N2C[C@H]3C[C@H](N(C)c4ncnc5[nH]ccc45)C[C@H]3C2)n1. The van der Waals surface area contributed by atoms with Crippen LogP contribution >= 0.6 is 23.3 Å². The zero-order valence-corrected chi connectivity index (χ0v) is 17.8. The molecule has 2 fully saturated rings. The van der Waals surface area contributed by atoms with Gasteiger partial charge in [-0.1, -0.05) is 11.8 Å². The highest BCUT2D eigenvalue weighted by atomic mass is 32.2. The summed E-state index contributed by atoms with van der Waals surface area (Å²) in [6.07, 6.45) is 7.57. The van der Waals surface area contributed by atoms with Crippen molar-refractivity contribution < 1.29 is 4.79 Å². The normalized spacial score (nSPS) is 23.5. The Balaban J connectivity index is 1.21. The molecule has 0 unspecified atom stereocenters. The molecule has 0 radical (unpaired) electrons. The average molecular weight is 431 g/mol. The predicted octanol–water partition coefficient (Wildman–Crippen LogP) is 2.91. The fourth-order valence-corrected chi connectivity index (χ4v) is 5.69. The van der Waals surface area contributed by atoms with Crippen LogP contribution in [0.15, 0.2) is 23.7 Å². The Hall–Kier alpha value is -2.40. The number of fused-ring (bicyclic) bond motifs is 2. The second-order valence-electron chi connectivity index (χ2n) is 7.61. The third-order valence-electron chi connectivity index (χ3n) is 6.03. The van der Waals surface area contributed by atoms with Gasteiger partial charge < -0.3 is 14.8 Å². The number of H-pyrrole nitrogens is 1. The third kappa shape index (κ3) is 3.42. The molecule has 0 spiro atoms. The summed E-state index contributed by atoms with van der Waals surface area (Å²) in [7, 11) is 2.11. The van der Waals surface area contributed by atoms with Crippen molar-refractivity contribution >= 4 is 51.3 Å². The quantitative estimate of drug-likeness (QED) is 0.614. The number of aromatic amines is 1. The van der Waals surface area contributed by atoms with Crippen LogP contribution in [0.4, 0.5) is 15.7 Å². The summed E-state index contributed by atoms with van der Waals surface area (Å²) in [5.41, 5.74) is 0.865. The molecule has 3 aromatic rings. The standard InChI is InChI=1S/C18H22N8OS2/c1-25(15-13-3-4-19-14(13)20-9-21-15)12-5-10-7-26(8-11(10)6-12)18(27)23-16-22-17(28-2)24-29-16/h3-4,9-12H,5-8H2,1-2H3,(H,19,20,21)(H,22,23,24,27)/t10-,11+,12+. The molecule has 0 aromatic carbocycles. The first-order valence-corrected chi connectivity index (χ1v) is 11.6. The summed E-state index contributed by atoms with van der Waals surface area (Å²) in [5.74, 6) is 2.01. The molecule has 4 heterocycles. The predicted molar refractivity (Wildman–Crippen MR) is 115 cm³/mol. The van der Waals surface area contributed by atoms with Gasteiger partial charge in [0.2, 0.25) is 10.3 Å². The number of carbonyl (C=O) groups is 1. The van der Waals surface area contributed by atoms with Gasteiger partial charge in [-0.2, -0.15) is 9.36 Å². The van der Waals surface area contributed by atoms with Crippen molar-refractivity contribution in [1.82, 2.24) is 29.2 Å². The zero-order valence-electron chi connectivity index (χ0n) is 16.2. The van der Waals surface area contributed by atoms with Crippen molar-refractivity contribution in [3.63, 3.8) is 0 Å². The molecule has 3 aromatic heterocycles. The second-order valence-corrected chi connectivity index (χ2v) is 9.14. The maximum absolute atomic E-state index is 12.6. The monoisotopic (exact) mass is 430 g/mol. The van der Waals surface area contributed by atoms with Gasteiger partial charge in [0.05, 0.1) is 5.39 Å². The number of hydrogen-bond acceptors (Lipinski definition) is 8. The van der Waals surface area contributed by atoms with Crippen molar-refractivity contribution in [2.75, 3.05) is 36.6 Å². The van der Waals surface area contributed by atoms with Gasteiger partial charge >= 0.3 is 6.03 Å². The number of rotatable bonds is 4. The van der Waals surface area contributed by atoms with Crippen LogP contribution in [0, 0.1) is 11.8 Å². The Morgan fingerprint density at radius 2 is 2.14 bits per heavy atom. The van der Waals surface area contributed by atoms with E-state index in [1.165, 1.54) is 23.3 Å². The number of thioether (sulfide) groups is 1. The van der Waals surface area contributed by atoms with E-state index in [1.54, 1.807) is 6.33 Å². The molecule has 1 saturated heterocycles. The molecule has 152 valence electrons. The minimum absolute atomic E-state index is 0.0714. The van der Waals surface area contributed by atoms with E-state index in [2.05, 4.69) is 41.6 Å². The number of nitrogens with one attached hydrogen (secondary N) is 2. The Morgan fingerprint density at radius 1 is 1.34 bits per heavy atom. The highest BCUT2D eigenvalue weighted by Crippen LogP contribution is 2.41. The Kier molecular flexibility index (Phi) is 4.78. The molecule has 5 rings (SSSR count). The largest absolute Gasteiger partial charge is 0.356 e. The first-order chi connectivity index (χ1) is 14.1. The van der Waals surface area contributed by atoms with Crippen LogP contribution in [0.1, 0.15) is 12.8 Å².